The van der Waals surface area contributed by atoms with Crippen LogP contribution in [0, 0.1) is 6.92 Å². The molecule has 0 saturated carbocycles. The molecule has 0 saturated heterocycles. The van der Waals surface area contributed by atoms with Gasteiger partial charge in [-0.3, -0.25) is 0 Å². The fraction of sp³-hybridized carbons (Fsp3) is 0.400. The number of nitrogens with one attached hydrogen (secondary N) is 2. The first-order valence-electron chi connectivity index (χ1n) is 9.05. The van der Waals surface area contributed by atoms with E-state index in [1.165, 1.54) is 17.7 Å². The Balaban J connectivity index is 1.85. The summed E-state index contributed by atoms with van der Waals surface area (Å²) in [5, 5.41) is 7.75. The van der Waals surface area contributed by atoms with Gasteiger partial charge in [0.25, 0.3) is 0 Å². The number of rotatable bonds is 4. The van der Waals surface area contributed by atoms with Crippen molar-refractivity contribution in [3.8, 4) is 0 Å². The van der Waals surface area contributed by atoms with Crippen LogP contribution in [-0.4, -0.2) is 17.7 Å². The van der Waals surface area contributed by atoms with Crippen molar-refractivity contribution < 1.29 is 9.53 Å². The molecule has 0 spiro atoms. The van der Waals surface area contributed by atoms with Gasteiger partial charge in [-0.05, 0) is 68.9 Å². The molecule has 6 heteroatoms. The predicted molar refractivity (Wildman–Crippen MR) is 113 cm³/mol. The van der Waals surface area contributed by atoms with Gasteiger partial charge in [0.05, 0.1) is 12.2 Å². The van der Waals surface area contributed by atoms with Crippen molar-refractivity contribution in [3.63, 3.8) is 0 Å². The molecule has 26 heavy (non-hydrogen) atoms. The van der Waals surface area contributed by atoms with E-state index in [9.17, 15) is 4.79 Å². The highest BCUT2D eigenvalue weighted by Gasteiger charge is 2.26. The lowest BCUT2D eigenvalue weighted by atomic mass is 10.1. The van der Waals surface area contributed by atoms with Crippen LogP contribution >= 0.6 is 23.6 Å². The first-order valence-corrected chi connectivity index (χ1v) is 10.3. The van der Waals surface area contributed by atoms with E-state index < -0.39 is 0 Å². The van der Waals surface area contributed by atoms with E-state index in [4.69, 9.17) is 17.0 Å². The minimum absolute atomic E-state index is 0.256. The molecule has 1 aromatic carbocycles. The monoisotopic (exact) mass is 388 g/mol. The Morgan fingerprint density at radius 1 is 1.19 bits per heavy atom. The van der Waals surface area contributed by atoms with Crippen molar-refractivity contribution in [1.29, 1.82) is 0 Å². The van der Waals surface area contributed by atoms with Crippen molar-refractivity contribution >= 4 is 45.3 Å². The van der Waals surface area contributed by atoms with Gasteiger partial charge < -0.3 is 15.4 Å². The summed E-state index contributed by atoms with van der Waals surface area (Å²) in [6.45, 7) is 4.23. The lowest BCUT2D eigenvalue weighted by molar-refractivity contribution is 0.0527. The molecule has 0 fully saturated rings. The number of carbonyl (C=O) groups is 1. The number of thiophene rings is 1. The van der Waals surface area contributed by atoms with E-state index in [0.29, 0.717) is 17.3 Å². The van der Waals surface area contributed by atoms with Crippen LogP contribution in [0.2, 0.25) is 0 Å². The molecule has 0 bridgehead atoms. The van der Waals surface area contributed by atoms with Crippen LogP contribution in [-0.2, 0) is 17.6 Å². The molecule has 4 nitrogen and oxygen atoms in total. The summed E-state index contributed by atoms with van der Waals surface area (Å²) in [7, 11) is 0. The van der Waals surface area contributed by atoms with E-state index in [1.54, 1.807) is 11.3 Å². The molecule has 0 amide bonds. The smallest absolute Gasteiger partial charge is 0.341 e. The zero-order chi connectivity index (χ0) is 18.5. The largest absolute Gasteiger partial charge is 0.462 e. The average Bonchev–Trinajstić information content (AvgIpc) is 2.78. The SMILES string of the molecule is CCOC(=O)c1c(NC(=S)Nc2ccccc2C)sc2c1CCCCC2. The second-order valence-corrected chi connectivity index (χ2v) is 7.90. The summed E-state index contributed by atoms with van der Waals surface area (Å²) in [6, 6.07) is 7.98. The highest BCUT2D eigenvalue weighted by Crippen LogP contribution is 2.38. The molecule has 138 valence electrons. The zero-order valence-corrected chi connectivity index (χ0v) is 16.8. The molecule has 0 radical (unpaired) electrons. The Hall–Kier alpha value is -1.92. The Labute approximate surface area is 164 Å². The molecule has 0 unspecified atom stereocenters. The summed E-state index contributed by atoms with van der Waals surface area (Å²) in [5.41, 5.74) is 3.89. The molecular formula is C20H24N2O2S2. The standard InChI is InChI=1S/C20H24N2O2S2/c1-3-24-19(23)17-14-10-5-4-6-12-16(14)26-18(17)22-20(25)21-15-11-8-7-9-13(15)2/h7-9,11H,3-6,10,12H2,1-2H3,(H2,21,22,25). The molecule has 1 heterocycles. The maximum Gasteiger partial charge on any atom is 0.341 e. The zero-order valence-electron chi connectivity index (χ0n) is 15.2. The third-order valence-corrected chi connectivity index (χ3v) is 5.93. The molecule has 3 rings (SSSR count). The molecule has 1 aliphatic carbocycles. The van der Waals surface area contributed by atoms with E-state index in [2.05, 4.69) is 10.6 Å². The molecule has 2 N–H and O–H groups in total. The van der Waals surface area contributed by atoms with Crippen molar-refractivity contribution in [2.24, 2.45) is 0 Å². The average molecular weight is 389 g/mol. The Morgan fingerprint density at radius 2 is 1.96 bits per heavy atom. The van der Waals surface area contributed by atoms with Gasteiger partial charge >= 0.3 is 5.97 Å². The maximum atomic E-state index is 12.6. The number of anilines is 2. The van der Waals surface area contributed by atoms with Crippen LogP contribution in [0.1, 0.15) is 52.5 Å². The first kappa shape index (κ1) is 18.9. The van der Waals surface area contributed by atoms with Gasteiger partial charge in [0.1, 0.15) is 5.00 Å². The third kappa shape index (κ3) is 4.24. The summed E-state index contributed by atoms with van der Waals surface area (Å²) in [6.07, 6.45) is 5.44. The lowest BCUT2D eigenvalue weighted by Gasteiger charge is -2.13. The summed E-state index contributed by atoms with van der Waals surface area (Å²) in [5.74, 6) is -0.256. The number of para-hydroxylation sites is 1. The van der Waals surface area contributed by atoms with Crippen LogP contribution in [0.25, 0.3) is 0 Å². The Bertz CT molecular complexity index is 814. The Morgan fingerprint density at radius 3 is 2.73 bits per heavy atom. The minimum Gasteiger partial charge on any atom is -0.462 e. The predicted octanol–water partition coefficient (Wildman–Crippen LogP) is 5.31. The van der Waals surface area contributed by atoms with Gasteiger partial charge in [-0.2, -0.15) is 0 Å². The molecule has 1 aromatic heterocycles. The number of hydrogen-bond acceptors (Lipinski definition) is 4. The molecule has 0 atom stereocenters. The van der Waals surface area contributed by atoms with Gasteiger partial charge in [-0.25, -0.2) is 4.79 Å². The first-order chi connectivity index (χ1) is 12.6. The number of fused-ring (bicyclic) bond motifs is 1. The molecular weight excluding hydrogens is 364 g/mol. The molecule has 0 aliphatic heterocycles. The number of ether oxygens (including phenoxy) is 1. The van der Waals surface area contributed by atoms with Crippen LogP contribution in [0.5, 0.6) is 0 Å². The molecule has 2 aromatic rings. The van der Waals surface area contributed by atoms with Crippen molar-refractivity contribution in [3.05, 3.63) is 45.8 Å². The fourth-order valence-electron chi connectivity index (χ4n) is 3.22. The van der Waals surface area contributed by atoms with Gasteiger partial charge in [-0.1, -0.05) is 24.6 Å². The third-order valence-electron chi connectivity index (χ3n) is 4.52. The quantitative estimate of drug-likeness (QED) is 0.422. The number of hydrogen-bond donors (Lipinski definition) is 2. The number of benzene rings is 1. The number of carbonyl (C=O) groups excluding carboxylic acids is 1. The van der Waals surface area contributed by atoms with E-state index in [1.807, 2.05) is 38.1 Å². The van der Waals surface area contributed by atoms with Crippen LogP contribution in [0.4, 0.5) is 10.7 Å². The second-order valence-electron chi connectivity index (χ2n) is 6.38. The normalized spacial score (nSPS) is 13.5. The van der Waals surface area contributed by atoms with Gasteiger partial charge in [0.2, 0.25) is 0 Å². The topological polar surface area (TPSA) is 50.4 Å². The van der Waals surface area contributed by atoms with Gasteiger partial charge in [-0.15, -0.1) is 11.3 Å². The highest BCUT2D eigenvalue weighted by molar-refractivity contribution is 7.80. The van der Waals surface area contributed by atoms with Crippen LogP contribution < -0.4 is 10.6 Å². The van der Waals surface area contributed by atoms with E-state index in [0.717, 1.165) is 41.1 Å². The second kappa shape index (κ2) is 8.64. The van der Waals surface area contributed by atoms with Crippen molar-refractivity contribution in [2.75, 3.05) is 17.2 Å². The van der Waals surface area contributed by atoms with Crippen LogP contribution in [0.3, 0.4) is 0 Å². The van der Waals surface area contributed by atoms with E-state index in [-0.39, 0.29) is 5.97 Å². The highest BCUT2D eigenvalue weighted by atomic mass is 32.1. The molecule has 1 aliphatic rings. The van der Waals surface area contributed by atoms with Gasteiger partial charge in [0, 0.05) is 10.6 Å². The Kier molecular flexibility index (Phi) is 6.27. The van der Waals surface area contributed by atoms with E-state index >= 15 is 0 Å². The number of thiocarbonyl (C=S) groups is 1. The number of aryl methyl sites for hydroxylation is 2. The summed E-state index contributed by atoms with van der Waals surface area (Å²) >= 11 is 7.12. The lowest BCUT2D eigenvalue weighted by Crippen LogP contribution is -2.21. The number of esters is 1. The minimum atomic E-state index is -0.256. The van der Waals surface area contributed by atoms with Gasteiger partial charge in [0.15, 0.2) is 5.11 Å². The summed E-state index contributed by atoms with van der Waals surface area (Å²) in [4.78, 5) is 13.9. The van der Waals surface area contributed by atoms with Crippen LogP contribution in [0.15, 0.2) is 24.3 Å². The fourth-order valence-corrected chi connectivity index (χ4v) is 4.78. The maximum absolute atomic E-state index is 12.6. The van der Waals surface area contributed by atoms with Crippen molar-refractivity contribution in [1.82, 2.24) is 0 Å². The van der Waals surface area contributed by atoms with Crippen molar-refractivity contribution in [2.45, 2.75) is 46.0 Å². The summed E-state index contributed by atoms with van der Waals surface area (Å²) < 4.78 is 5.32.